The van der Waals surface area contributed by atoms with Crippen LogP contribution in [0.5, 0.6) is 0 Å². The number of carbonyl (C=O) groups excluding carboxylic acids is 1. The monoisotopic (exact) mass is 282 g/mol. The van der Waals surface area contributed by atoms with Crippen molar-refractivity contribution in [2.24, 2.45) is 5.41 Å². The molecule has 0 radical (unpaired) electrons. The van der Waals surface area contributed by atoms with Crippen LogP contribution in [0.15, 0.2) is 12.1 Å². The van der Waals surface area contributed by atoms with E-state index in [1.807, 2.05) is 20.0 Å². The second kappa shape index (κ2) is 5.91. The molecule has 19 heavy (non-hydrogen) atoms. The van der Waals surface area contributed by atoms with E-state index in [1.54, 1.807) is 11.0 Å². The van der Waals surface area contributed by atoms with Gasteiger partial charge in [-0.3, -0.25) is 4.79 Å². The first-order chi connectivity index (χ1) is 8.66. The highest BCUT2D eigenvalue weighted by atomic mass is 35.5. The molecule has 0 saturated carbocycles. The minimum absolute atomic E-state index is 0.0126. The van der Waals surface area contributed by atoms with Gasteiger partial charge in [-0.2, -0.15) is 0 Å². The zero-order valence-electron chi connectivity index (χ0n) is 12.6. The van der Waals surface area contributed by atoms with Gasteiger partial charge in [0.25, 0.3) is 5.91 Å². The average molecular weight is 283 g/mol. The number of aromatic nitrogens is 1. The predicted octanol–water partition coefficient (Wildman–Crippen LogP) is 3.80. The van der Waals surface area contributed by atoms with Crippen molar-refractivity contribution in [3.05, 3.63) is 28.5 Å². The molecule has 4 heteroatoms. The van der Waals surface area contributed by atoms with Gasteiger partial charge >= 0.3 is 0 Å². The van der Waals surface area contributed by atoms with Gasteiger partial charge in [0, 0.05) is 24.3 Å². The molecule has 1 atom stereocenters. The summed E-state index contributed by atoms with van der Waals surface area (Å²) in [6.45, 7) is 10.4. The maximum absolute atomic E-state index is 12.5. The van der Waals surface area contributed by atoms with Gasteiger partial charge in [-0.15, -0.1) is 0 Å². The zero-order valence-corrected chi connectivity index (χ0v) is 13.4. The Balaban J connectivity index is 3.03. The number of hydrogen-bond acceptors (Lipinski definition) is 2. The molecule has 0 aliphatic rings. The van der Waals surface area contributed by atoms with Gasteiger partial charge in [0.1, 0.15) is 5.15 Å². The van der Waals surface area contributed by atoms with E-state index in [0.717, 1.165) is 12.1 Å². The molecule has 106 valence electrons. The van der Waals surface area contributed by atoms with Gasteiger partial charge in [-0.25, -0.2) is 4.98 Å². The van der Waals surface area contributed by atoms with Gasteiger partial charge in [-0.1, -0.05) is 39.3 Å². The summed E-state index contributed by atoms with van der Waals surface area (Å²) in [7, 11) is 1.83. The van der Waals surface area contributed by atoms with Crippen LogP contribution >= 0.6 is 11.6 Å². The fourth-order valence-electron chi connectivity index (χ4n) is 1.82. The number of halogens is 1. The van der Waals surface area contributed by atoms with Gasteiger partial charge in [0.05, 0.1) is 0 Å². The summed E-state index contributed by atoms with van der Waals surface area (Å²) in [5, 5.41) is 0.375. The number of carbonyl (C=O) groups is 1. The Hall–Kier alpha value is -1.09. The van der Waals surface area contributed by atoms with Crippen LogP contribution in [-0.2, 0) is 6.42 Å². The molecule has 1 unspecified atom stereocenters. The smallest absolute Gasteiger partial charge is 0.254 e. The predicted molar refractivity (Wildman–Crippen MR) is 79.6 cm³/mol. The Kier molecular flexibility index (Phi) is 4.97. The molecular formula is C15H23ClN2O. The molecule has 0 saturated heterocycles. The molecule has 0 aromatic carbocycles. The summed E-state index contributed by atoms with van der Waals surface area (Å²) in [5.74, 6) is -0.0126. The summed E-state index contributed by atoms with van der Waals surface area (Å²) in [4.78, 5) is 18.4. The number of hydrogen-bond donors (Lipinski definition) is 0. The second-order valence-electron chi connectivity index (χ2n) is 5.98. The highest BCUT2D eigenvalue weighted by molar-refractivity contribution is 6.29. The molecule has 0 spiro atoms. The summed E-state index contributed by atoms with van der Waals surface area (Å²) in [5.41, 5.74) is 1.48. The third-order valence-corrected chi connectivity index (χ3v) is 3.80. The zero-order chi connectivity index (χ0) is 14.8. The molecule has 1 aromatic heterocycles. The normalized spacial score (nSPS) is 13.2. The third-order valence-electron chi connectivity index (χ3n) is 3.61. The highest BCUT2D eigenvalue weighted by Gasteiger charge is 2.27. The van der Waals surface area contributed by atoms with Crippen LogP contribution in [-0.4, -0.2) is 28.9 Å². The van der Waals surface area contributed by atoms with Gasteiger partial charge in [-0.05, 0) is 30.9 Å². The van der Waals surface area contributed by atoms with E-state index in [-0.39, 0.29) is 17.4 Å². The molecule has 0 aliphatic heterocycles. The lowest BCUT2D eigenvalue weighted by molar-refractivity contribution is 0.0629. The molecular weight excluding hydrogens is 260 g/mol. The first-order valence-electron chi connectivity index (χ1n) is 6.60. The first kappa shape index (κ1) is 16.0. The van der Waals surface area contributed by atoms with E-state index in [4.69, 9.17) is 11.6 Å². The SMILES string of the molecule is CCc1cc(C(=O)N(C)C(C)C(C)(C)C)cc(Cl)n1. The highest BCUT2D eigenvalue weighted by Crippen LogP contribution is 2.24. The van der Waals surface area contributed by atoms with Gasteiger partial charge in [0.2, 0.25) is 0 Å². The van der Waals surface area contributed by atoms with Crippen molar-refractivity contribution in [3.63, 3.8) is 0 Å². The van der Waals surface area contributed by atoms with E-state index in [9.17, 15) is 4.79 Å². The van der Waals surface area contributed by atoms with Crippen molar-refractivity contribution in [3.8, 4) is 0 Å². The van der Waals surface area contributed by atoms with Crippen molar-refractivity contribution in [1.29, 1.82) is 0 Å². The van der Waals surface area contributed by atoms with Crippen LogP contribution in [0.2, 0.25) is 5.15 Å². The van der Waals surface area contributed by atoms with Crippen LogP contribution in [0.3, 0.4) is 0 Å². The number of nitrogens with zero attached hydrogens (tertiary/aromatic N) is 2. The average Bonchev–Trinajstić information content (AvgIpc) is 2.34. The van der Waals surface area contributed by atoms with Crippen LogP contribution in [0.25, 0.3) is 0 Å². The maximum Gasteiger partial charge on any atom is 0.254 e. The minimum Gasteiger partial charge on any atom is -0.338 e. The number of amides is 1. The van der Waals surface area contributed by atoms with Crippen molar-refractivity contribution < 1.29 is 4.79 Å². The van der Waals surface area contributed by atoms with E-state index >= 15 is 0 Å². The van der Waals surface area contributed by atoms with E-state index in [2.05, 4.69) is 32.7 Å². The molecule has 1 aromatic rings. The summed E-state index contributed by atoms with van der Waals surface area (Å²) in [6.07, 6.45) is 0.763. The van der Waals surface area contributed by atoms with Crippen LogP contribution in [0.4, 0.5) is 0 Å². The standard InChI is InChI=1S/C15H23ClN2O/c1-7-12-8-11(9-13(16)17-12)14(19)18(6)10(2)15(3,4)5/h8-10H,7H2,1-6H3. The van der Waals surface area contributed by atoms with Gasteiger partial charge in [0.15, 0.2) is 0 Å². The van der Waals surface area contributed by atoms with E-state index < -0.39 is 0 Å². The van der Waals surface area contributed by atoms with Crippen LogP contribution < -0.4 is 0 Å². The lowest BCUT2D eigenvalue weighted by atomic mass is 9.87. The minimum atomic E-state index is -0.0126. The molecule has 0 N–H and O–H groups in total. The van der Waals surface area contributed by atoms with Crippen molar-refractivity contribution in [2.45, 2.75) is 47.1 Å². The number of pyridine rings is 1. The summed E-state index contributed by atoms with van der Waals surface area (Å²) in [6, 6.07) is 3.59. The van der Waals surface area contributed by atoms with Crippen molar-refractivity contribution in [1.82, 2.24) is 9.88 Å². The first-order valence-corrected chi connectivity index (χ1v) is 6.98. The fraction of sp³-hybridized carbons (Fsp3) is 0.600. The Labute approximate surface area is 121 Å². The summed E-state index contributed by atoms with van der Waals surface area (Å²) >= 11 is 5.97. The Morgan fingerprint density at radius 1 is 1.42 bits per heavy atom. The molecule has 0 aliphatic carbocycles. The Morgan fingerprint density at radius 3 is 2.47 bits per heavy atom. The topological polar surface area (TPSA) is 33.2 Å². The quantitative estimate of drug-likeness (QED) is 0.790. The van der Waals surface area contributed by atoms with E-state index in [0.29, 0.717) is 10.7 Å². The van der Waals surface area contributed by atoms with Crippen LogP contribution in [0.1, 0.15) is 50.7 Å². The van der Waals surface area contributed by atoms with Crippen LogP contribution in [0, 0.1) is 5.41 Å². The molecule has 1 rings (SSSR count). The molecule has 1 amide bonds. The largest absolute Gasteiger partial charge is 0.338 e. The van der Waals surface area contributed by atoms with Gasteiger partial charge < -0.3 is 4.90 Å². The summed E-state index contributed by atoms with van der Waals surface area (Å²) < 4.78 is 0. The molecule has 1 heterocycles. The third kappa shape index (κ3) is 3.93. The number of aryl methyl sites for hydroxylation is 1. The lowest BCUT2D eigenvalue weighted by Gasteiger charge is -2.35. The maximum atomic E-state index is 12.5. The molecule has 0 fully saturated rings. The lowest BCUT2D eigenvalue weighted by Crippen LogP contribution is -2.43. The van der Waals surface area contributed by atoms with Crippen molar-refractivity contribution in [2.75, 3.05) is 7.05 Å². The van der Waals surface area contributed by atoms with E-state index in [1.165, 1.54) is 0 Å². The molecule has 0 bridgehead atoms. The number of rotatable bonds is 3. The Bertz CT molecular complexity index is 466. The Morgan fingerprint density at radius 2 is 2.00 bits per heavy atom. The fourth-order valence-corrected chi connectivity index (χ4v) is 2.04. The second-order valence-corrected chi connectivity index (χ2v) is 6.37. The van der Waals surface area contributed by atoms with Crippen molar-refractivity contribution >= 4 is 17.5 Å². The molecule has 3 nitrogen and oxygen atoms in total.